The van der Waals surface area contributed by atoms with Gasteiger partial charge in [-0.1, -0.05) is 26.0 Å². The molecular weight excluding hydrogens is 328 g/mol. The molecule has 1 aromatic carbocycles. The molecule has 0 bridgehead atoms. The van der Waals surface area contributed by atoms with Crippen molar-refractivity contribution in [1.82, 2.24) is 4.90 Å². The molecule has 2 rings (SSSR count). The van der Waals surface area contributed by atoms with E-state index in [1.807, 2.05) is 19.9 Å². The molecule has 0 aliphatic carbocycles. The number of carbonyl (C=O) groups is 1. The van der Waals surface area contributed by atoms with Crippen LogP contribution in [0.2, 0.25) is 0 Å². The van der Waals surface area contributed by atoms with E-state index in [0.717, 1.165) is 0 Å². The number of ether oxygens (including phenoxy) is 1. The van der Waals surface area contributed by atoms with Crippen LogP contribution in [0.15, 0.2) is 24.3 Å². The molecule has 0 aromatic heterocycles. The lowest BCUT2D eigenvalue weighted by Gasteiger charge is -2.30. The lowest BCUT2D eigenvalue weighted by molar-refractivity contribution is -0.135. The fourth-order valence-corrected chi connectivity index (χ4v) is 4.51. The van der Waals surface area contributed by atoms with Gasteiger partial charge in [0.25, 0.3) is 5.91 Å². The number of nitrogens with zero attached hydrogens (tertiary/aromatic N) is 2. The largest absolute Gasteiger partial charge is 0.482 e. The Kier molecular flexibility index (Phi) is 5.84. The van der Waals surface area contributed by atoms with Gasteiger partial charge in [0.15, 0.2) is 16.4 Å². The van der Waals surface area contributed by atoms with Gasteiger partial charge in [-0.3, -0.25) is 4.79 Å². The van der Waals surface area contributed by atoms with E-state index in [2.05, 4.69) is 0 Å². The SMILES string of the molecule is CC(C)CN(C(=O)COc1ccccc1C#N)[C@H]1CCS(=O)(=O)C1. The van der Waals surface area contributed by atoms with Crippen LogP contribution in [0.25, 0.3) is 0 Å². The molecule has 0 saturated carbocycles. The van der Waals surface area contributed by atoms with Gasteiger partial charge in [0.2, 0.25) is 0 Å². The van der Waals surface area contributed by atoms with Crippen LogP contribution in [0.5, 0.6) is 5.75 Å². The molecule has 1 fully saturated rings. The summed E-state index contributed by atoms with van der Waals surface area (Å²) in [4.78, 5) is 14.2. The van der Waals surface area contributed by atoms with Crippen LogP contribution in [0.1, 0.15) is 25.8 Å². The van der Waals surface area contributed by atoms with Crippen LogP contribution < -0.4 is 4.74 Å². The molecule has 0 unspecified atom stereocenters. The fraction of sp³-hybridized carbons (Fsp3) is 0.529. The Morgan fingerprint density at radius 1 is 1.42 bits per heavy atom. The Morgan fingerprint density at radius 3 is 2.71 bits per heavy atom. The number of hydrogen-bond acceptors (Lipinski definition) is 5. The number of rotatable bonds is 6. The highest BCUT2D eigenvalue weighted by Gasteiger charge is 2.35. The van der Waals surface area contributed by atoms with Gasteiger partial charge < -0.3 is 9.64 Å². The van der Waals surface area contributed by atoms with Crippen molar-refractivity contribution in [1.29, 1.82) is 5.26 Å². The molecular formula is C17H22N2O4S. The standard InChI is InChI=1S/C17H22N2O4S/c1-13(2)10-19(15-7-8-24(21,22)12-15)17(20)11-23-16-6-4-3-5-14(16)9-18/h3-6,13,15H,7-8,10-12H2,1-2H3/t15-/m0/s1. The summed E-state index contributed by atoms with van der Waals surface area (Å²) in [6.07, 6.45) is 0.468. The van der Waals surface area contributed by atoms with Crippen LogP contribution in [-0.4, -0.2) is 49.9 Å². The first-order chi connectivity index (χ1) is 11.3. The third-order valence-corrected chi connectivity index (χ3v) is 5.64. The molecule has 1 saturated heterocycles. The van der Waals surface area contributed by atoms with E-state index in [4.69, 9.17) is 10.00 Å². The number of benzene rings is 1. The Labute approximate surface area is 142 Å². The van der Waals surface area contributed by atoms with E-state index >= 15 is 0 Å². The molecule has 0 N–H and O–H groups in total. The Balaban J connectivity index is 2.07. The molecule has 24 heavy (non-hydrogen) atoms. The smallest absolute Gasteiger partial charge is 0.260 e. The summed E-state index contributed by atoms with van der Waals surface area (Å²) < 4.78 is 28.9. The van der Waals surface area contributed by atoms with Crippen LogP contribution in [0, 0.1) is 17.2 Å². The second-order valence-corrected chi connectivity index (χ2v) is 8.62. The quantitative estimate of drug-likeness (QED) is 0.778. The third-order valence-electron chi connectivity index (χ3n) is 3.89. The lowest BCUT2D eigenvalue weighted by atomic mass is 10.1. The van der Waals surface area contributed by atoms with Crippen molar-refractivity contribution < 1.29 is 17.9 Å². The van der Waals surface area contributed by atoms with Gasteiger partial charge in [-0.05, 0) is 24.5 Å². The first-order valence-corrected chi connectivity index (χ1v) is 9.76. The van der Waals surface area contributed by atoms with Crippen molar-refractivity contribution >= 4 is 15.7 Å². The monoisotopic (exact) mass is 350 g/mol. The van der Waals surface area contributed by atoms with Gasteiger partial charge in [-0.15, -0.1) is 0 Å². The fourth-order valence-electron chi connectivity index (χ4n) is 2.78. The van der Waals surface area contributed by atoms with Gasteiger partial charge in [0, 0.05) is 12.6 Å². The molecule has 7 heteroatoms. The number of para-hydroxylation sites is 1. The van der Waals surface area contributed by atoms with Crippen molar-refractivity contribution in [3.8, 4) is 11.8 Å². The summed E-state index contributed by atoms with van der Waals surface area (Å²) in [6.45, 7) is 4.25. The summed E-state index contributed by atoms with van der Waals surface area (Å²) in [5, 5.41) is 9.05. The van der Waals surface area contributed by atoms with Crippen LogP contribution >= 0.6 is 0 Å². The van der Waals surface area contributed by atoms with Crippen molar-refractivity contribution in [2.75, 3.05) is 24.7 Å². The molecule has 1 atom stereocenters. The first-order valence-electron chi connectivity index (χ1n) is 7.94. The minimum atomic E-state index is -3.07. The predicted octanol–water partition coefficient (Wildman–Crippen LogP) is 1.61. The molecule has 1 amide bonds. The van der Waals surface area contributed by atoms with Crippen molar-refractivity contribution in [3.63, 3.8) is 0 Å². The van der Waals surface area contributed by atoms with Crippen molar-refractivity contribution in [2.45, 2.75) is 26.3 Å². The molecule has 0 radical (unpaired) electrons. The van der Waals surface area contributed by atoms with E-state index in [1.165, 1.54) is 0 Å². The van der Waals surface area contributed by atoms with Crippen LogP contribution in [-0.2, 0) is 14.6 Å². The number of sulfone groups is 1. The normalized spacial score (nSPS) is 19.0. The highest BCUT2D eigenvalue weighted by Crippen LogP contribution is 2.21. The Bertz CT molecular complexity index is 737. The Hall–Kier alpha value is -2.07. The van der Waals surface area contributed by atoms with E-state index < -0.39 is 9.84 Å². The minimum Gasteiger partial charge on any atom is -0.482 e. The second kappa shape index (κ2) is 7.67. The summed E-state index contributed by atoms with van der Waals surface area (Å²) in [6, 6.07) is 8.44. The minimum absolute atomic E-state index is 0.0141. The summed E-state index contributed by atoms with van der Waals surface area (Å²) in [5.41, 5.74) is 0.365. The topological polar surface area (TPSA) is 87.5 Å². The Morgan fingerprint density at radius 2 is 2.12 bits per heavy atom. The van der Waals surface area contributed by atoms with E-state index in [-0.39, 0.29) is 36.0 Å². The zero-order valence-electron chi connectivity index (χ0n) is 13.9. The van der Waals surface area contributed by atoms with Gasteiger partial charge in [0.05, 0.1) is 17.1 Å². The van der Waals surface area contributed by atoms with E-state index in [0.29, 0.717) is 24.3 Å². The molecule has 0 spiro atoms. The van der Waals surface area contributed by atoms with Crippen LogP contribution in [0.3, 0.4) is 0 Å². The molecule has 1 aliphatic heterocycles. The van der Waals surface area contributed by atoms with E-state index in [9.17, 15) is 13.2 Å². The second-order valence-electron chi connectivity index (χ2n) is 6.39. The molecule has 6 nitrogen and oxygen atoms in total. The molecule has 1 aromatic rings. The lowest BCUT2D eigenvalue weighted by Crippen LogP contribution is -2.45. The molecule has 130 valence electrons. The van der Waals surface area contributed by atoms with Gasteiger partial charge >= 0.3 is 0 Å². The summed E-state index contributed by atoms with van der Waals surface area (Å²) in [7, 11) is -3.07. The summed E-state index contributed by atoms with van der Waals surface area (Å²) >= 11 is 0. The average Bonchev–Trinajstić information content (AvgIpc) is 2.90. The van der Waals surface area contributed by atoms with Gasteiger partial charge in [-0.2, -0.15) is 5.26 Å². The highest BCUT2D eigenvalue weighted by molar-refractivity contribution is 7.91. The van der Waals surface area contributed by atoms with Crippen molar-refractivity contribution in [2.24, 2.45) is 5.92 Å². The van der Waals surface area contributed by atoms with E-state index in [1.54, 1.807) is 29.2 Å². The van der Waals surface area contributed by atoms with Gasteiger partial charge in [-0.25, -0.2) is 8.42 Å². The number of nitriles is 1. The maximum atomic E-state index is 12.6. The zero-order valence-corrected chi connectivity index (χ0v) is 14.8. The number of amides is 1. The predicted molar refractivity (Wildman–Crippen MR) is 90.3 cm³/mol. The maximum Gasteiger partial charge on any atom is 0.260 e. The van der Waals surface area contributed by atoms with Crippen LogP contribution in [0.4, 0.5) is 0 Å². The molecule has 1 aliphatic rings. The van der Waals surface area contributed by atoms with Crippen molar-refractivity contribution in [3.05, 3.63) is 29.8 Å². The first kappa shape index (κ1) is 18.3. The zero-order chi connectivity index (χ0) is 17.7. The number of hydrogen-bond donors (Lipinski definition) is 0. The maximum absolute atomic E-state index is 12.6. The average molecular weight is 350 g/mol. The molecule has 1 heterocycles. The number of carbonyl (C=O) groups excluding carboxylic acids is 1. The third kappa shape index (κ3) is 4.71. The highest BCUT2D eigenvalue weighted by atomic mass is 32.2. The summed E-state index contributed by atoms with van der Waals surface area (Å²) in [5.74, 6) is 0.469. The van der Waals surface area contributed by atoms with Gasteiger partial charge in [0.1, 0.15) is 11.8 Å².